The van der Waals surface area contributed by atoms with Gasteiger partial charge in [-0.3, -0.25) is 9.59 Å². The number of esters is 5. The Morgan fingerprint density at radius 2 is 1.00 bits per heavy atom. The van der Waals surface area contributed by atoms with Gasteiger partial charge in [0.1, 0.15) is 30.2 Å². The molecule has 0 spiro atoms. The molecule has 2 aromatic rings. The second kappa shape index (κ2) is 15.9. The SMILES string of the molecule is CC(=O)Oc1cc(C(=O)OC(C)/C=C/C(C)OC(C)=O)cc(C(=O)OC(C)/C=C/C(C)OC(=O)c2cccc(C)c2)c1. The number of carbonyl (C=O) groups excluding carboxylic acids is 5. The van der Waals surface area contributed by atoms with Gasteiger partial charge in [0.15, 0.2) is 0 Å². The van der Waals surface area contributed by atoms with Crippen LogP contribution >= 0.6 is 0 Å². The highest BCUT2D eigenvalue weighted by molar-refractivity contribution is 5.96. The molecule has 2 rings (SSSR count). The van der Waals surface area contributed by atoms with Gasteiger partial charge in [0.2, 0.25) is 0 Å². The van der Waals surface area contributed by atoms with E-state index in [1.807, 2.05) is 13.0 Å². The second-order valence-corrected chi connectivity index (χ2v) is 9.62. The molecule has 0 aliphatic rings. The van der Waals surface area contributed by atoms with Crippen LogP contribution in [0.5, 0.6) is 5.75 Å². The maximum absolute atomic E-state index is 12.9. The van der Waals surface area contributed by atoms with Crippen molar-refractivity contribution >= 4 is 29.8 Å². The lowest BCUT2D eigenvalue weighted by Gasteiger charge is -2.14. The normalized spacial score (nSPS) is 14.0. The van der Waals surface area contributed by atoms with Crippen LogP contribution in [0.1, 0.15) is 78.2 Å². The van der Waals surface area contributed by atoms with Crippen molar-refractivity contribution in [2.75, 3.05) is 0 Å². The van der Waals surface area contributed by atoms with Crippen molar-refractivity contribution in [2.24, 2.45) is 0 Å². The standard InChI is InChI=1S/C32H36O10/c1-19-9-8-10-26(15-19)30(35)39-21(3)13-14-23(5)41-32(37)28-16-27(17-29(18-28)42-25(7)34)31(36)40-22(4)12-11-20(2)38-24(6)33/h8-18,20-23H,1-7H3/b12-11+,14-13+. The first-order valence-electron chi connectivity index (χ1n) is 13.3. The van der Waals surface area contributed by atoms with Crippen molar-refractivity contribution in [3.8, 4) is 5.75 Å². The molecule has 0 aromatic heterocycles. The van der Waals surface area contributed by atoms with E-state index >= 15 is 0 Å². The molecule has 42 heavy (non-hydrogen) atoms. The number of benzene rings is 2. The molecule has 2 aromatic carbocycles. The van der Waals surface area contributed by atoms with Crippen molar-refractivity contribution in [1.29, 1.82) is 0 Å². The molecule has 10 heteroatoms. The molecule has 0 saturated heterocycles. The minimum Gasteiger partial charge on any atom is -0.459 e. The summed E-state index contributed by atoms with van der Waals surface area (Å²) in [5, 5.41) is 0. The summed E-state index contributed by atoms with van der Waals surface area (Å²) in [6.45, 7) is 10.9. The summed E-state index contributed by atoms with van der Waals surface area (Å²) in [5.74, 6) is -3.20. The average molecular weight is 581 g/mol. The predicted octanol–water partition coefficient (Wildman–Crippen LogP) is 5.32. The maximum atomic E-state index is 12.9. The molecule has 0 heterocycles. The fraction of sp³-hybridized carbons (Fsp3) is 0.344. The smallest absolute Gasteiger partial charge is 0.338 e. The lowest BCUT2D eigenvalue weighted by atomic mass is 10.1. The van der Waals surface area contributed by atoms with Crippen molar-refractivity contribution in [1.82, 2.24) is 0 Å². The van der Waals surface area contributed by atoms with Gasteiger partial charge < -0.3 is 23.7 Å². The fourth-order valence-electron chi connectivity index (χ4n) is 3.59. The van der Waals surface area contributed by atoms with E-state index in [-0.39, 0.29) is 16.9 Å². The molecule has 0 aliphatic heterocycles. The molecule has 10 nitrogen and oxygen atoms in total. The Morgan fingerprint density at radius 3 is 1.40 bits per heavy atom. The third-order valence-corrected chi connectivity index (χ3v) is 5.43. The number of rotatable bonds is 12. The molecule has 0 bridgehead atoms. The highest BCUT2D eigenvalue weighted by Gasteiger charge is 2.19. The quantitative estimate of drug-likeness (QED) is 0.141. The molecule has 0 saturated carbocycles. The molecular weight excluding hydrogens is 544 g/mol. The van der Waals surface area contributed by atoms with Crippen molar-refractivity contribution < 1.29 is 47.7 Å². The van der Waals surface area contributed by atoms with Gasteiger partial charge in [0.05, 0.1) is 16.7 Å². The molecule has 224 valence electrons. The Balaban J connectivity index is 2.09. The van der Waals surface area contributed by atoms with Gasteiger partial charge in [0.25, 0.3) is 0 Å². The van der Waals surface area contributed by atoms with Gasteiger partial charge in [0, 0.05) is 13.8 Å². The third kappa shape index (κ3) is 11.8. The van der Waals surface area contributed by atoms with E-state index in [2.05, 4.69) is 0 Å². The van der Waals surface area contributed by atoms with Crippen molar-refractivity contribution in [3.05, 3.63) is 89.0 Å². The first-order valence-corrected chi connectivity index (χ1v) is 13.3. The van der Waals surface area contributed by atoms with E-state index in [9.17, 15) is 24.0 Å². The Labute approximate surface area is 245 Å². The van der Waals surface area contributed by atoms with Crippen LogP contribution in [0.15, 0.2) is 66.8 Å². The molecule has 0 fully saturated rings. The van der Waals surface area contributed by atoms with Crippen LogP contribution < -0.4 is 4.74 Å². The Morgan fingerprint density at radius 1 is 0.571 bits per heavy atom. The second-order valence-electron chi connectivity index (χ2n) is 9.62. The van der Waals surface area contributed by atoms with Crippen LogP contribution in [0.2, 0.25) is 0 Å². The predicted molar refractivity (Wildman–Crippen MR) is 153 cm³/mol. The largest absolute Gasteiger partial charge is 0.459 e. The zero-order valence-electron chi connectivity index (χ0n) is 24.7. The number of hydrogen-bond donors (Lipinski definition) is 0. The highest BCUT2D eigenvalue weighted by Crippen LogP contribution is 2.21. The van der Waals surface area contributed by atoms with Crippen molar-refractivity contribution in [3.63, 3.8) is 0 Å². The molecule has 0 amide bonds. The van der Waals surface area contributed by atoms with Crippen molar-refractivity contribution in [2.45, 2.75) is 72.9 Å². The maximum Gasteiger partial charge on any atom is 0.338 e. The lowest BCUT2D eigenvalue weighted by molar-refractivity contribution is -0.143. The van der Waals surface area contributed by atoms with E-state index in [1.54, 1.807) is 70.2 Å². The fourth-order valence-corrected chi connectivity index (χ4v) is 3.59. The summed E-state index contributed by atoms with van der Waals surface area (Å²) < 4.78 is 26.4. The van der Waals surface area contributed by atoms with E-state index in [4.69, 9.17) is 23.7 Å². The van der Waals surface area contributed by atoms with Crippen LogP contribution in [0.25, 0.3) is 0 Å². The van der Waals surface area contributed by atoms with Crippen LogP contribution in [-0.4, -0.2) is 54.3 Å². The molecule has 0 aliphatic carbocycles. The van der Waals surface area contributed by atoms with Gasteiger partial charge in [-0.25, -0.2) is 14.4 Å². The monoisotopic (exact) mass is 580 g/mol. The summed E-state index contributed by atoms with van der Waals surface area (Å²) >= 11 is 0. The summed E-state index contributed by atoms with van der Waals surface area (Å²) in [4.78, 5) is 60.7. The Hall–Kier alpha value is -4.73. The lowest BCUT2D eigenvalue weighted by Crippen LogP contribution is -2.18. The van der Waals surface area contributed by atoms with E-state index in [0.29, 0.717) is 5.56 Å². The minimum atomic E-state index is -0.789. The van der Waals surface area contributed by atoms with E-state index < -0.39 is 54.3 Å². The first kappa shape index (κ1) is 33.5. The van der Waals surface area contributed by atoms with E-state index in [1.165, 1.54) is 32.0 Å². The zero-order valence-corrected chi connectivity index (χ0v) is 24.7. The first-order chi connectivity index (χ1) is 19.7. The van der Waals surface area contributed by atoms with Gasteiger partial charge in [-0.15, -0.1) is 0 Å². The number of aryl methyl sites for hydroxylation is 1. The Bertz CT molecular complexity index is 1360. The molecule has 0 radical (unpaired) electrons. The number of hydrogen-bond acceptors (Lipinski definition) is 10. The molecular formula is C32H36O10. The van der Waals surface area contributed by atoms with E-state index in [0.717, 1.165) is 5.56 Å². The third-order valence-electron chi connectivity index (χ3n) is 5.43. The van der Waals surface area contributed by atoms with Gasteiger partial charge >= 0.3 is 29.8 Å². The zero-order chi connectivity index (χ0) is 31.4. The topological polar surface area (TPSA) is 132 Å². The molecule has 0 N–H and O–H groups in total. The van der Waals surface area contributed by atoms with Crippen LogP contribution in [0.3, 0.4) is 0 Å². The van der Waals surface area contributed by atoms with Crippen LogP contribution in [-0.2, 0) is 28.5 Å². The summed E-state index contributed by atoms with van der Waals surface area (Å²) in [7, 11) is 0. The molecule has 4 unspecified atom stereocenters. The number of ether oxygens (including phenoxy) is 5. The van der Waals surface area contributed by atoms with Gasteiger partial charge in [-0.05, 0) is 89.3 Å². The average Bonchev–Trinajstić information content (AvgIpc) is 2.89. The van der Waals surface area contributed by atoms with Gasteiger partial charge in [-0.1, -0.05) is 17.7 Å². The molecule has 4 atom stereocenters. The highest BCUT2D eigenvalue weighted by atomic mass is 16.6. The Kier molecular flexibility index (Phi) is 12.7. The summed E-state index contributed by atoms with van der Waals surface area (Å²) in [6, 6.07) is 10.8. The summed E-state index contributed by atoms with van der Waals surface area (Å²) in [5.41, 5.74) is 1.26. The summed E-state index contributed by atoms with van der Waals surface area (Å²) in [6.07, 6.45) is 3.71. The number of carbonyl (C=O) groups is 5. The minimum absolute atomic E-state index is 0.0459. The van der Waals surface area contributed by atoms with Crippen LogP contribution in [0, 0.1) is 6.92 Å². The van der Waals surface area contributed by atoms with Gasteiger partial charge in [-0.2, -0.15) is 0 Å². The van der Waals surface area contributed by atoms with Crippen LogP contribution in [0.4, 0.5) is 0 Å².